The molecule has 1 amide bonds. The van der Waals surface area contributed by atoms with Crippen molar-refractivity contribution in [2.45, 2.75) is 38.2 Å². The van der Waals surface area contributed by atoms with E-state index in [-0.39, 0.29) is 5.91 Å². The molecule has 1 aliphatic carbocycles. The molecule has 1 fully saturated rings. The number of anilines is 1. The maximum atomic E-state index is 12.7. The van der Waals surface area contributed by atoms with E-state index < -0.39 is 6.10 Å². The summed E-state index contributed by atoms with van der Waals surface area (Å²) in [7, 11) is 0. The lowest BCUT2D eigenvalue weighted by atomic mass is 9.90. The lowest BCUT2D eigenvalue weighted by Gasteiger charge is -2.24. The first kappa shape index (κ1) is 16.7. The van der Waals surface area contributed by atoms with Crippen LogP contribution in [0.2, 0.25) is 0 Å². The number of carbonyl (C=O) groups excluding carboxylic acids is 1. The van der Waals surface area contributed by atoms with Crippen molar-refractivity contribution in [1.29, 1.82) is 0 Å². The number of nitrogens with one attached hydrogen (secondary N) is 1. The molecule has 3 rings (SSSR count). The van der Waals surface area contributed by atoms with E-state index in [4.69, 9.17) is 4.74 Å². The predicted molar refractivity (Wildman–Crippen MR) is 94.6 cm³/mol. The minimum atomic E-state index is -0.582. The van der Waals surface area contributed by atoms with Crippen molar-refractivity contribution < 1.29 is 9.53 Å². The molecular weight excluding hydrogens is 300 g/mol. The van der Waals surface area contributed by atoms with E-state index in [2.05, 4.69) is 10.3 Å². The van der Waals surface area contributed by atoms with E-state index in [9.17, 15) is 4.79 Å². The third-order valence-corrected chi connectivity index (χ3v) is 4.51. The quantitative estimate of drug-likeness (QED) is 0.859. The van der Waals surface area contributed by atoms with Gasteiger partial charge in [0.1, 0.15) is 0 Å². The Morgan fingerprint density at radius 3 is 2.50 bits per heavy atom. The minimum Gasteiger partial charge on any atom is -0.363 e. The van der Waals surface area contributed by atoms with E-state index in [1.807, 2.05) is 30.3 Å². The molecule has 0 aliphatic heterocycles. The molecule has 1 atom stereocenters. The van der Waals surface area contributed by atoms with Crippen molar-refractivity contribution in [3.63, 3.8) is 0 Å². The zero-order valence-corrected chi connectivity index (χ0v) is 13.9. The monoisotopic (exact) mass is 324 g/mol. The summed E-state index contributed by atoms with van der Waals surface area (Å²) < 4.78 is 6.07. The topological polar surface area (TPSA) is 51.2 Å². The lowest BCUT2D eigenvalue weighted by Crippen LogP contribution is -2.26. The van der Waals surface area contributed by atoms with Gasteiger partial charge in [-0.25, -0.2) is 0 Å². The molecule has 1 aromatic heterocycles. The zero-order chi connectivity index (χ0) is 16.6. The fourth-order valence-electron chi connectivity index (χ4n) is 3.18. The summed E-state index contributed by atoms with van der Waals surface area (Å²) in [6, 6.07) is 13.3. The van der Waals surface area contributed by atoms with Gasteiger partial charge in [-0.3, -0.25) is 9.78 Å². The van der Waals surface area contributed by atoms with Crippen molar-refractivity contribution in [3.05, 3.63) is 60.4 Å². The molecule has 0 bridgehead atoms. The van der Waals surface area contributed by atoms with Crippen molar-refractivity contribution in [3.8, 4) is 0 Å². The zero-order valence-electron chi connectivity index (χ0n) is 13.9. The van der Waals surface area contributed by atoms with Gasteiger partial charge in [-0.2, -0.15) is 0 Å². The summed E-state index contributed by atoms with van der Waals surface area (Å²) in [5.41, 5.74) is 1.62. The third kappa shape index (κ3) is 4.65. The van der Waals surface area contributed by atoms with Gasteiger partial charge in [0.25, 0.3) is 5.91 Å². The second-order valence-corrected chi connectivity index (χ2v) is 6.35. The standard InChI is InChI=1S/C20H24N2O2/c23-20(22-18-11-13-21-14-12-18)19(17-9-5-2-6-10-17)24-15-16-7-3-1-4-8-16/h2,5-6,9-14,16,19H,1,3-4,7-8,15H2,(H,21,22,23). The fourth-order valence-corrected chi connectivity index (χ4v) is 3.18. The summed E-state index contributed by atoms with van der Waals surface area (Å²) in [5.74, 6) is 0.432. The highest BCUT2D eigenvalue weighted by atomic mass is 16.5. The highest BCUT2D eigenvalue weighted by molar-refractivity contribution is 5.94. The number of ether oxygens (including phenoxy) is 1. The Balaban J connectivity index is 1.68. The molecule has 126 valence electrons. The molecule has 1 heterocycles. The van der Waals surface area contributed by atoms with Crippen LogP contribution in [0.5, 0.6) is 0 Å². The SMILES string of the molecule is O=C(Nc1ccncc1)C(OCC1CCCCC1)c1ccccc1. The summed E-state index contributed by atoms with van der Waals surface area (Å²) >= 11 is 0. The van der Waals surface area contributed by atoms with E-state index in [1.165, 1.54) is 32.1 Å². The van der Waals surface area contributed by atoms with Gasteiger partial charge in [0, 0.05) is 18.1 Å². The van der Waals surface area contributed by atoms with Gasteiger partial charge in [0.05, 0.1) is 6.61 Å². The molecule has 1 aromatic carbocycles. The van der Waals surface area contributed by atoms with Gasteiger partial charge in [0.2, 0.25) is 0 Å². The molecule has 1 unspecified atom stereocenters. The molecule has 4 heteroatoms. The Morgan fingerprint density at radius 1 is 1.08 bits per heavy atom. The first-order chi connectivity index (χ1) is 11.8. The van der Waals surface area contributed by atoms with Crippen LogP contribution in [0.3, 0.4) is 0 Å². The number of aromatic nitrogens is 1. The van der Waals surface area contributed by atoms with Crippen LogP contribution in [0.1, 0.15) is 43.8 Å². The van der Waals surface area contributed by atoms with Crippen LogP contribution in [-0.4, -0.2) is 17.5 Å². The molecule has 0 radical (unpaired) electrons. The Kier molecular flexibility index (Phi) is 5.96. The normalized spacial score (nSPS) is 16.5. The van der Waals surface area contributed by atoms with E-state index >= 15 is 0 Å². The van der Waals surface area contributed by atoms with Crippen LogP contribution in [0, 0.1) is 5.92 Å². The molecule has 0 spiro atoms. The summed E-state index contributed by atoms with van der Waals surface area (Å²) in [6.07, 6.45) is 9.01. The highest BCUT2D eigenvalue weighted by Crippen LogP contribution is 2.27. The average Bonchev–Trinajstić information content (AvgIpc) is 2.64. The molecule has 24 heavy (non-hydrogen) atoms. The minimum absolute atomic E-state index is 0.136. The first-order valence-electron chi connectivity index (χ1n) is 8.70. The number of benzene rings is 1. The van der Waals surface area contributed by atoms with E-state index in [1.54, 1.807) is 24.5 Å². The van der Waals surface area contributed by atoms with Crippen LogP contribution in [-0.2, 0) is 9.53 Å². The Bertz CT molecular complexity index is 625. The number of nitrogens with zero attached hydrogens (tertiary/aromatic N) is 1. The fraction of sp³-hybridized carbons (Fsp3) is 0.400. The van der Waals surface area contributed by atoms with Crippen molar-refractivity contribution in [1.82, 2.24) is 4.98 Å². The number of rotatable bonds is 6. The smallest absolute Gasteiger partial charge is 0.258 e. The largest absolute Gasteiger partial charge is 0.363 e. The second-order valence-electron chi connectivity index (χ2n) is 6.35. The Labute approximate surface area is 143 Å². The van der Waals surface area contributed by atoms with Crippen molar-refractivity contribution in [2.75, 3.05) is 11.9 Å². The average molecular weight is 324 g/mol. The van der Waals surface area contributed by atoms with E-state index in [0.717, 1.165) is 11.3 Å². The van der Waals surface area contributed by atoms with Gasteiger partial charge >= 0.3 is 0 Å². The van der Waals surface area contributed by atoms with Crippen LogP contribution < -0.4 is 5.32 Å². The van der Waals surface area contributed by atoms with Gasteiger partial charge in [0.15, 0.2) is 6.10 Å². The Morgan fingerprint density at radius 2 is 1.79 bits per heavy atom. The molecule has 1 saturated carbocycles. The van der Waals surface area contributed by atoms with Crippen LogP contribution >= 0.6 is 0 Å². The summed E-state index contributed by atoms with van der Waals surface area (Å²) in [6.45, 7) is 0.642. The Hall–Kier alpha value is -2.20. The molecule has 1 aliphatic rings. The van der Waals surface area contributed by atoms with Crippen LogP contribution in [0.15, 0.2) is 54.9 Å². The van der Waals surface area contributed by atoms with Gasteiger partial charge in [-0.15, -0.1) is 0 Å². The van der Waals surface area contributed by atoms with Crippen LogP contribution in [0.4, 0.5) is 5.69 Å². The van der Waals surface area contributed by atoms with Crippen LogP contribution in [0.25, 0.3) is 0 Å². The van der Waals surface area contributed by atoms with Gasteiger partial charge in [-0.1, -0.05) is 49.6 Å². The first-order valence-corrected chi connectivity index (χ1v) is 8.70. The number of pyridine rings is 1. The van der Waals surface area contributed by atoms with Crippen molar-refractivity contribution >= 4 is 11.6 Å². The van der Waals surface area contributed by atoms with Gasteiger partial charge < -0.3 is 10.1 Å². The number of carbonyl (C=O) groups is 1. The second kappa shape index (κ2) is 8.60. The number of hydrogen-bond donors (Lipinski definition) is 1. The molecule has 4 nitrogen and oxygen atoms in total. The molecule has 0 saturated heterocycles. The number of hydrogen-bond acceptors (Lipinski definition) is 3. The summed E-state index contributed by atoms with van der Waals surface area (Å²) in [4.78, 5) is 16.7. The lowest BCUT2D eigenvalue weighted by molar-refractivity contribution is -0.129. The third-order valence-electron chi connectivity index (χ3n) is 4.51. The highest BCUT2D eigenvalue weighted by Gasteiger charge is 2.23. The van der Waals surface area contributed by atoms with Crippen molar-refractivity contribution in [2.24, 2.45) is 5.92 Å². The molecule has 2 aromatic rings. The molecule has 1 N–H and O–H groups in total. The number of amides is 1. The predicted octanol–water partition coefficient (Wildman–Crippen LogP) is 4.36. The van der Waals surface area contributed by atoms with E-state index in [0.29, 0.717) is 12.5 Å². The maximum absolute atomic E-state index is 12.7. The van der Waals surface area contributed by atoms with Gasteiger partial charge in [-0.05, 0) is 36.5 Å². The maximum Gasteiger partial charge on any atom is 0.258 e. The summed E-state index contributed by atoms with van der Waals surface area (Å²) in [5, 5.41) is 2.92. The molecular formula is C20H24N2O2.